The standard InChI is InChI=1S/C8H17N3O/c1-6-3-7(10-2)5-11(4-6)8(9)12/h6-7,10H,3-5H2,1-2H3,(H2,9,12). The zero-order chi connectivity index (χ0) is 9.14. The fourth-order valence-electron chi connectivity index (χ4n) is 1.74. The summed E-state index contributed by atoms with van der Waals surface area (Å²) in [6.45, 7) is 3.68. The summed E-state index contributed by atoms with van der Waals surface area (Å²) in [5.74, 6) is 0.545. The highest BCUT2D eigenvalue weighted by molar-refractivity contribution is 5.72. The molecule has 2 atom stereocenters. The highest BCUT2D eigenvalue weighted by Gasteiger charge is 2.25. The minimum Gasteiger partial charge on any atom is -0.351 e. The van der Waals surface area contributed by atoms with Gasteiger partial charge in [-0.3, -0.25) is 0 Å². The summed E-state index contributed by atoms with van der Waals surface area (Å²) in [6, 6.07) is 0.100. The van der Waals surface area contributed by atoms with Crippen LogP contribution in [0.25, 0.3) is 0 Å². The number of carbonyl (C=O) groups excluding carboxylic acids is 1. The van der Waals surface area contributed by atoms with Crippen molar-refractivity contribution in [3.63, 3.8) is 0 Å². The van der Waals surface area contributed by atoms with E-state index in [0.717, 1.165) is 19.5 Å². The van der Waals surface area contributed by atoms with E-state index in [1.807, 2.05) is 7.05 Å². The lowest BCUT2D eigenvalue weighted by Gasteiger charge is -2.35. The van der Waals surface area contributed by atoms with E-state index in [1.54, 1.807) is 4.90 Å². The molecule has 0 bridgehead atoms. The number of carbonyl (C=O) groups is 1. The molecule has 1 heterocycles. The average molecular weight is 171 g/mol. The Bertz CT molecular complexity index is 172. The largest absolute Gasteiger partial charge is 0.351 e. The molecule has 0 aromatic carbocycles. The van der Waals surface area contributed by atoms with Crippen molar-refractivity contribution in [1.82, 2.24) is 10.2 Å². The molecule has 12 heavy (non-hydrogen) atoms. The zero-order valence-corrected chi connectivity index (χ0v) is 7.71. The second-order valence-corrected chi connectivity index (χ2v) is 3.57. The summed E-state index contributed by atoms with van der Waals surface area (Å²) in [5.41, 5.74) is 5.21. The van der Waals surface area contributed by atoms with E-state index in [2.05, 4.69) is 12.2 Å². The Morgan fingerprint density at radius 3 is 2.75 bits per heavy atom. The van der Waals surface area contributed by atoms with E-state index in [0.29, 0.717) is 12.0 Å². The van der Waals surface area contributed by atoms with Crippen molar-refractivity contribution in [2.75, 3.05) is 20.1 Å². The SMILES string of the molecule is CNC1CC(C)CN(C(N)=O)C1. The number of piperidine rings is 1. The summed E-state index contributed by atoms with van der Waals surface area (Å²) in [6.07, 6.45) is 1.13. The van der Waals surface area contributed by atoms with Gasteiger partial charge in [0.05, 0.1) is 0 Å². The van der Waals surface area contributed by atoms with Gasteiger partial charge in [-0.25, -0.2) is 4.79 Å². The minimum absolute atomic E-state index is 0.304. The first kappa shape index (κ1) is 9.32. The molecule has 0 radical (unpaired) electrons. The number of rotatable bonds is 1. The van der Waals surface area contributed by atoms with E-state index < -0.39 is 0 Å². The molecule has 1 saturated heterocycles. The first-order chi connectivity index (χ1) is 5.63. The third kappa shape index (κ3) is 2.11. The number of likely N-dealkylation sites (tertiary alicyclic amines) is 1. The topological polar surface area (TPSA) is 58.4 Å². The maximum Gasteiger partial charge on any atom is 0.314 e. The number of urea groups is 1. The molecule has 2 unspecified atom stereocenters. The molecule has 1 aliphatic rings. The normalized spacial score (nSPS) is 30.3. The molecule has 0 aromatic heterocycles. The Balaban J connectivity index is 2.51. The van der Waals surface area contributed by atoms with Crippen LogP contribution in [0.2, 0.25) is 0 Å². The maximum atomic E-state index is 10.9. The van der Waals surface area contributed by atoms with Gasteiger partial charge >= 0.3 is 6.03 Å². The van der Waals surface area contributed by atoms with Crippen molar-refractivity contribution >= 4 is 6.03 Å². The van der Waals surface area contributed by atoms with Crippen LogP contribution >= 0.6 is 0 Å². The van der Waals surface area contributed by atoms with Crippen LogP contribution in [0.1, 0.15) is 13.3 Å². The summed E-state index contributed by atoms with van der Waals surface area (Å²) < 4.78 is 0. The summed E-state index contributed by atoms with van der Waals surface area (Å²) in [5, 5.41) is 3.17. The van der Waals surface area contributed by atoms with Crippen LogP contribution < -0.4 is 11.1 Å². The predicted octanol–water partition coefficient (Wildman–Crippen LogP) is -0.00510. The van der Waals surface area contributed by atoms with Crippen LogP contribution in [0, 0.1) is 5.92 Å². The lowest BCUT2D eigenvalue weighted by atomic mass is 9.96. The molecule has 0 spiro atoms. The molecule has 4 heteroatoms. The van der Waals surface area contributed by atoms with Gasteiger partial charge < -0.3 is 16.0 Å². The van der Waals surface area contributed by atoms with Crippen LogP contribution in [0.4, 0.5) is 4.79 Å². The van der Waals surface area contributed by atoms with E-state index in [1.165, 1.54) is 0 Å². The number of nitrogens with one attached hydrogen (secondary N) is 1. The summed E-state index contributed by atoms with van der Waals surface area (Å²) in [4.78, 5) is 12.6. The van der Waals surface area contributed by atoms with Crippen LogP contribution in [0.5, 0.6) is 0 Å². The van der Waals surface area contributed by atoms with Gasteiger partial charge in [-0.1, -0.05) is 6.92 Å². The molecule has 0 saturated carbocycles. The first-order valence-electron chi connectivity index (χ1n) is 4.35. The van der Waals surface area contributed by atoms with Gasteiger partial charge in [-0.15, -0.1) is 0 Å². The van der Waals surface area contributed by atoms with E-state index in [9.17, 15) is 4.79 Å². The van der Waals surface area contributed by atoms with Gasteiger partial charge in [0.1, 0.15) is 0 Å². The summed E-state index contributed by atoms with van der Waals surface area (Å²) >= 11 is 0. The number of likely N-dealkylation sites (N-methyl/N-ethyl adjacent to an activating group) is 1. The van der Waals surface area contributed by atoms with E-state index in [-0.39, 0.29) is 6.03 Å². The Kier molecular flexibility index (Phi) is 2.92. The molecule has 1 rings (SSSR count). The fraction of sp³-hybridized carbons (Fsp3) is 0.875. The minimum atomic E-state index is -0.304. The smallest absolute Gasteiger partial charge is 0.314 e. The Hall–Kier alpha value is -0.770. The zero-order valence-electron chi connectivity index (χ0n) is 7.71. The average Bonchev–Trinajstić information content (AvgIpc) is 2.03. The van der Waals surface area contributed by atoms with Gasteiger partial charge in [0.15, 0.2) is 0 Å². The molecule has 0 aromatic rings. The van der Waals surface area contributed by atoms with Crippen LogP contribution in [0.3, 0.4) is 0 Å². The molecule has 3 N–H and O–H groups in total. The van der Waals surface area contributed by atoms with Crippen LogP contribution in [-0.2, 0) is 0 Å². The predicted molar refractivity (Wildman–Crippen MR) is 47.8 cm³/mol. The van der Waals surface area contributed by atoms with E-state index >= 15 is 0 Å². The number of hydrogen-bond acceptors (Lipinski definition) is 2. The molecule has 0 aliphatic carbocycles. The van der Waals surface area contributed by atoms with Crippen LogP contribution in [-0.4, -0.2) is 37.1 Å². The number of hydrogen-bond donors (Lipinski definition) is 2. The molecular weight excluding hydrogens is 154 g/mol. The first-order valence-corrected chi connectivity index (χ1v) is 4.35. The Labute approximate surface area is 73.1 Å². The second-order valence-electron chi connectivity index (χ2n) is 3.57. The Morgan fingerprint density at radius 1 is 1.58 bits per heavy atom. The maximum absolute atomic E-state index is 10.9. The highest BCUT2D eigenvalue weighted by atomic mass is 16.2. The van der Waals surface area contributed by atoms with Gasteiger partial charge in [-0.2, -0.15) is 0 Å². The third-order valence-corrected chi connectivity index (χ3v) is 2.38. The van der Waals surface area contributed by atoms with Gasteiger partial charge in [0.25, 0.3) is 0 Å². The molecular formula is C8H17N3O. The fourth-order valence-corrected chi connectivity index (χ4v) is 1.74. The molecule has 70 valence electrons. The number of primary amides is 1. The molecule has 1 aliphatic heterocycles. The van der Waals surface area contributed by atoms with Crippen molar-refractivity contribution in [2.45, 2.75) is 19.4 Å². The van der Waals surface area contributed by atoms with Crippen molar-refractivity contribution in [1.29, 1.82) is 0 Å². The Morgan fingerprint density at radius 2 is 2.25 bits per heavy atom. The van der Waals surface area contributed by atoms with Crippen molar-refractivity contribution in [3.8, 4) is 0 Å². The van der Waals surface area contributed by atoms with E-state index in [4.69, 9.17) is 5.73 Å². The summed E-state index contributed by atoms with van der Waals surface area (Å²) in [7, 11) is 1.92. The number of amides is 2. The molecule has 4 nitrogen and oxygen atoms in total. The van der Waals surface area contributed by atoms with Crippen LogP contribution in [0.15, 0.2) is 0 Å². The monoisotopic (exact) mass is 171 g/mol. The third-order valence-electron chi connectivity index (χ3n) is 2.38. The molecule has 1 fully saturated rings. The van der Waals surface area contributed by atoms with Crippen molar-refractivity contribution in [2.24, 2.45) is 11.7 Å². The van der Waals surface area contributed by atoms with Gasteiger partial charge in [-0.05, 0) is 19.4 Å². The van der Waals surface area contributed by atoms with Crippen molar-refractivity contribution in [3.05, 3.63) is 0 Å². The number of nitrogens with zero attached hydrogens (tertiary/aromatic N) is 1. The van der Waals surface area contributed by atoms with Gasteiger partial charge in [0.2, 0.25) is 0 Å². The lowest BCUT2D eigenvalue weighted by molar-refractivity contribution is 0.161. The highest BCUT2D eigenvalue weighted by Crippen LogP contribution is 2.15. The quantitative estimate of drug-likeness (QED) is 0.583. The molecule has 2 amide bonds. The lowest BCUT2D eigenvalue weighted by Crippen LogP contribution is -2.51. The van der Waals surface area contributed by atoms with Gasteiger partial charge in [0, 0.05) is 19.1 Å². The number of nitrogens with two attached hydrogens (primary N) is 1. The van der Waals surface area contributed by atoms with Crippen molar-refractivity contribution < 1.29 is 4.79 Å². The second kappa shape index (κ2) is 3.76.